The van der Waals surface area contributed by atoms with Crippen molar-refractivity contribution in [1.82, 2.24) is 9.97 Å². The lowest BCUT2D eigenvalue weighted by Crippen LogP contribution is -1.65. The van der Waals surface area contributed by atoms with E-state index < -0.39 is 0 Å². The van der Waals surface area contributed by atoms with Crippen molar-refractivity contribution in [3.63, 3.8) is 0 Å². The number of para-hydroxylation sites is 2. The Morgan fingerprint density at radius 1 is 0.636 bits per heavy atom. The lowest BCUT2D eigenvalue weighted by atomic mass is 10.3. The SMILES string of the molecule is CC.Cc1nc2ccccc2s1.Cc1nc2ccccc2s1. The second-order valence-electron chi connectivity index (χ2n) is 4.40. The van der Waals surface area contributed by atoms with Gasteiger partial charge in [0.2, 0.25) is 0 Å². The van der Waals surface area contributed by atoms with Crippen LogP contribution in [0, 0.1) is 13.8 Å². The van der Waals surface area contributed by atoms with Crippen LogP contribution >= 0.6 is 22.7 Å². The van der Waals surface area contributed by atoms with Crippen LogP contribution in [0.1, 0.15) is 23.9 Å². The van der Waals surface area contributed by atoms with E-state index in [4.69, 9.17) is 0 Å². The van der Waals surface area contributed by atoms with Crippen molar-refractivity contribution in [2.75, 3.05) is 0 Å². The maximum atomic E-state index is 4.33. The Hall–Kier alpha value is -1.78. The normalized spacial score (nSPS) is 9.82. The Morgan fingerprint density at radius 2 is 1.00 bits per heavy atom. The number of nitrogens with zero attached hydrogens (tertiary/aromatic N) is 2. The molecule has 0 radical (unpaired) electrons. The van der Waals surface area contributed by atoms with Gasteiger partial charge in [0, 0.05) is 0 Å². The molecule has 0 saturated carbocycles. The molecule has 0 N–H and O–H groups in total. The summed E-state index contributed by atoms with van der Waals surface area (Å²) >= 11 is 3.48. The van der Waals surface area contributed by atoms with E-state index in [1.807, 2.05) is 64.1 Å². The van der Waals surface area contributed by atoms with Crippen molar-refractivity contribution in [1.29, 1.82) is 0 Å². The van der Waals surface area contributed by atoms with Gasteiger partial charge in [0.05, 0.1) is 30.4 Å². The molecule has 0 amide bonds. The molecule has 2 nitrogen and oxygen atoms in total. The third-order valence-corrected chi connectivity index (χ3v) is 4.71. The van der Waals surface area contributed by atoms with E-state index >= 15 is 0 Å². The summed E-state index contributed by atoms with van der Waals surface area (Å²) in [6, 6.07) is 16.4. The van der Waals surface area contributed by atoms with E-state index in [2.05, 4.69) is 22.1 Å². The van der Waals surface area contributed by atoms with Gasteiger partial charge in [-0.05, 0) is 38.1 Å². The quantitative estimate of drug-likeness (QED) is 0.382. The number of fused-ring (bicyclic) bond motifs is 2. The molecule has 2 aromatic heterocycles. The predicted molar refractivity (Wildman–Crippen MR) is 100 cm³/mol. The Kier molecular flexibility index (Phi) is 6.04. The van der Waals surface area contributed by atoms with Crippen LogP contribution in [0.3, 0.4) is 0 Å². The summed E-state index contributed by atoms with van der Waals surface area (Å²) in [5.74, 6) is 0. The maximum Gasteiger partial charge on any atom is 0.0907 e. The molecular formula is C18H20N2S2. The van der Waals surface area contributed by atoms with Crippen molar-refractivity contribution in [2.24, 2.45) is 0 Å². The Bertz CT molecular complexity index is 708. The van der Waals surface area contributed by atoms with Gasteiger partial charge in [0.15, 0.2) is 0 Å². The average Bonchev–Trinajstić information content (AvgIpc) is 3.10. The van der Waals surface area contributed by atoms with Crippen molar-refractivity contribution in [2.45, 2.75) is 27.7 Å². The minimum absolute atomic E-state index is 1.12. The average molecular weight is 329 g/mol. The van der Waals surface area contributed by atoms with E-state index in [1.165, 1.54) is 9.40 Å². The highest BCUT2D eigenvalue weighted by Gasteiger charge is 1.96. The molecule has 4 rings (SSSR count). The molecule has 0 aliphatic heterocycles. The molecule has 22 heavy (non-hydrogen) atoms. The largest absolute Gasteiger partial charge is 0.242 e. The molecule has 0 atom stereocenters. The van der Waals surface area contributed by atoms with E-state index in [0.29, 0.717) is 0 Å². The van der Waals surface area contributed by atoms with Crippen LogP contribution in [-0.4, -0.2) is 9.97 Å². The summed E-state index contributed by atoms with van der Waals surface area (Å²) in [6.07, 6.45) is 0. The first-order chi connectivity index (χ1) is 10.7. The van der Waals surface area contributed by atoms with Gasteiger partial charge >= 0.3 is 0 Å². The van der Waals surface area contributed by atoms with Crippen LogP contribution in [0.4, 0.5) is 0 Å². The lowest BCUT2D eigenvalue weighted by Gasteiger charge is -1.80. The summed E-state index contributed by atoms with van der Waals surface area (Å²) in [4.78, 5) is 8.66. The number of hydrogen-bond donors (Lipinski definition) is 0. The standard InChI is InChI=1S/2C8H7NS.C2H6/c2*1-6-9-7-4-2-3-5-8(7)10-6;1-2/h2*2-5H,1H3;1-2H3. The number of aryl methyl sites for hydroxylation is 2. The molecule has 0 fully saturated rings. The van der Waals surface area contributed by atoms with Crippen LogP contribution < -0.4 is 0 Å². The fourth-order valence-corrected chi connectivity index (χ4v) is 3.63. The van der Waals surface area contributed by atoms with Crippen molar-refractivity contribution in [3.05, 3.63) is 58.5 Å². The molecule has 0 saturated heterocycles. The highest BCUT2D eigenvalue weighted by Crippen LogP contribution is 2.20. The summed E-state index contributed by atoms with van der Waals surface area (Å²) in [5.41, 5.74) is 2.23. The first-order valence-corrected chi connectivity index (χ1v) is 9.00. The number of rotatable bonds is 0. The zero-order valence-electron chi connectivity index (χ0n) is 13.3. The second-order valence-corrected chi connectivity index (χ2v) is 6.87. The maximum absolute atomic E-state index is 4.33. The highest BCUT2D eigenvalue weighted by molar-refractivity contribution is 7.18. The number of benzene rings is 2. The van der Waals surface area contributed by atoms with Gasteiger partial charge in [-0.25, -0.2) is 9.97 Å². The lowest BCUT2D eigenvalue weighted by molar-refractivity contribution is 1.35. The van der Waals surface area contributed by atoms with Crippen LogP contribution in [-0.2, 0) is 0 Å². The van der Waals surface area contributed by atoms with Crippen molar-refractivity contribution < 1.29 is 0 Å². The zero-order valence-corrected chi connectivity index (χ0v) is 15.0. The van der Waals surface area contributed by atoms with Gasteiger partial charge in [0.25, 0.3) is 0 Å². The summed E-state index contributed by atoms with van der Waals surface area (Å²) < 4.78 is 2.56. The highest BCUT2D eigenvalue weighted by atomic mass is 32.1. The molecule has 0 spiro atoms. The topological polar surface area (TPSA) is 25.8 Å². The van der Waals surface area contributed by atoms with Gasteiger partial charge < -0.3 is 0 Å². The fraction of sp³-hybridized carbons (Fsp3) is 0.222. The molecule has 4 aromatic rings. The Morgan fingerprint density at radius 3 is 1.36 bits per heavy atom. The molecule has 0 aliphatic rings. The van der Waals surface area contributed by atoms with E-state index in [-0.39, 0.29) is 0 Å². The third-order valence-electron chi connectivity index (χ3n) is 2.80. The first kappa shape index (κ1) is 16.6. The van der Waals surface area contributed by atoms with E-state index in [0.717, 1.165) is 21.0 Å². The number of thiazole rings is 2. The molecule has 114 valence electrons. The molecule has 4 heteroatoms. The first-order valence-electron chi connectivity index (χ1n) is 7.37. The summed E-state index contributed by atoms with van der Waals surface area (Å²) in [5, 5.41) is 2.28. The molecular weight excluding hydrogens is 308 g/mol. The molecule has 2 heterocycles. The Labute approximate surface area is 139 Å². The molecule has 0 aliphatic carbocycles. The minimum atomic E-state index is 1.12. The van der Waals surface area contributed by atoms with Crippen LogP contribution in [0.2, 0.25) is 0 Å². The predicted octanol–water partition coefficient (Wildman–Crippen LogP) is 6.24. The van der Waals surface area contributed by atoms with Gasteiger partial charge in [-0.15, -0.1) is 22.7 Å². The van der Waals surface area contributed by atoms with Crippen LogP contribution in [0.25, 0.3) is 20.4 Å². The van der Waals surface area contributed by atoms with Gasteiger partial charge in [0.1, 0.15) is 0 Å². The monoisotopic (exact) mass is 328 g/mol. The third kappa shape index (κ3) is 4.12. The summed E-state index contributed by atoms with van der Waals surface area (Å²) in [7, 11) is 0. The Balaban J connectivity index is 0.000000144. The molecule has 0 unspecified atom stereocenters. The van der Waals surface area contributed by atoms with Gasteiger partial charge in [-0.2, -0.15) is 0 Å². The fourth-order valence-electron chi connectivity index (χ4n) is 1.97. The molecule has 0 bridgehead atoms. The van der Waals surface area contributed by atoms with Gasteiger partial charge in [-0.1, -0.05) is 38.1 Å². The minimum Gasteiger partial charge on any atom is -0.242 e. The van der Waals surface area contributed by atoms with E-state index in [1.54, 1.807) is 22.7 Å². The van der Waals surface area contributed by atoms with E-state index in [9.17, 15) is 0 Å². The van der Waals surface area contributed by atoms with Crippen molar-refractivity contribution >= 4 is 43.1 Å². The van der Waals surface area contributed by atoms with Crippen LogP contribution in [0.15, 0.2) is 48.5 Å². The summed E-state index contributed by atoms with van der Waals surface area (Å²) in [6.45, 7) is 8.06. The number of hydrogen-bond acceptors (Lipinski definition) is 4. The second kappa shape index (κ2) is 8.01. The van der Waals surface area contributed by atoms with Crippen LogP contribution in [0.5, 0.6) is 0 Å². The molecule has 2 aromatic carbocycles. The number of aromatic nitrogens is 2. The van der Waals surface area contributed by atoms with Crippen molar-refractivity contribution in [3.8, 4) is 0 Å². The zero-order chi connectivity index (χ0) is 15.9. The smallest absolute Gasteiger partial charge is 0.0907 e. The van der Waals surface area contributed by atoms with Gasteiger partial charge in [-0.3, -0.25) is 0 Å².